The SMILES string of the molecule is CCC1CCCCN1c1nc(N)ns1. The monoisotopic (exact) mass is 212 g/mol. The Morgan fingerprint density at radius 3 is 3.07 bits per heavy atom. The van der Waals surface area contributed by atoms with Crippen LogP contribution in [0.4, 0.5) is 11.1 Å². The van der Waals surface area contributed by atoms with Gasteiger partial charge in [0.2, 0.25) is 11.1 Å². The van der Waals surface area contributed by atoms with Gasteiger partial charge in [-0.25, -0.2) is 0 Å². The zero-order valence-corrected chi connectivity index (χ0v) is 9.26. The number of rotatable bonds is 2. The molecule has 1 aliphatic rings. The first kappa shape index (κ1) is 9.71. The summed E-state index contributed by atoms with van der Waals surface area (Å²) in [6.07, 6.45) is 5.05. The van der Waals surface area contributed by atoms with E-state index >= 15 is 0 Å². The molecule has 5 heteroatoms. The molecule has 0 bridgehead atoms. The molecule has 78 valence electrons. The van der Waals surface area contributed by atoms with E-state index < -0.39 is 0 Å². The van der Waals surface area contributed by atoms with Crippen LogP contribution in [0.25, 0.3) is 0 Å². The molecular formula is C9H16N4S. The zero-order chi connectivity index (χ0) is 9.97. The Hall–Kier alpha value is -0.840. The van der Waals surface area contributed by atoms with Crippen LogP contribution in [-0.2, 0) is 0 Å². The number of nitrogens with two attached hydrogens (primary N) is 1. The molecular weight excluding hydrogens is 196 g/mol. The van der Waals surface area contributed by atoms with Crippen molar-refractivity contribution in [2.24, 2.45) is 0 Å². The molecule has 1 fully saturated rings. The Kier molecular flexibility index (Phi) is 2.86. The van der Waals surface area contributed by atoms with E-state index in [4.69, 9.17) is 5.73 Å². The summed E-state index contributed by atoms with van der Waals surface area (Å²) in [6, 6.07) is 0.635. The van der Waals surface area contributed by atoms with Gasteiger partial charge in [0.1, 0.15) is 0 Å². The van der Waals surface area contributed by atoms with Gasteiger partial charge in [0.25, 0.3) is 0 Å². The van der Waals surface area contributed by atoms with Crippen LogP contribution >= 0.6 is 11.5 Å². The summed E-state index contributed by atoms with van der Waals surface area (Å²) in [6.45, 7) is 3.33. The molecule has 0 amide bonds. The Morgan fingerprint density at radius 1 is 1.57 bits per heavy atom. The number of hydrogen-bond acceptors (Lipinski definition) is 5. The highest BCUT2D eigenvalue weighted by Gasteiger charge is 2.23. The van der Waals surface area contributed by atoms with E-state index in [1.54, 1.807) is 0 Å². The largest absolute Gasteiger partial charge is 0.367 e. The number of nitrogen functional groups attached to an aromatic ring is 1. The maximum absolute atomic E-state index is 5.53. The van der Waals surface area contributed by atoms with Crippen molar-refractivity contribution in [3.63, 3.8) is 0 Å². The highest BCUT2D eigenvalue weighted by Crippen LogP contribution is 2.27. The van der Waals surface area contributed by atoms with Gasteiger partial charge in [-0.15, -0.1) is 0 Å². The van der Waals surface area contributed by atoms with Crippen LogP contribution < -0.4 is 10.6 Å². The average molecular weight is 212 g/mol. The van der Waals surface area contributed by atoms with E-state index in [2.05, 4.69) is 21.2 Å². The summed E-state index contributed by atoms with van der Waals surface area (Å²) in [5.41, 5.74) is 5.53. The zero-order valence-electron chi connectivity index (χ0n) is 8.44. The van der Waals surface area contributed by atoms with Crippen molar-refractivity contribution in [2.45, 2.75) is 38.6 Å². The molecule has 1 unspecified atom stereocenters. The quantitative estimate of drug-likeness (QED) is 0.813. The lowest BCUT2D eigenvalue weighted by Gasteiger charge is -2.34. The second-order valence-corrected chi connectivity index (χ2v) is 4.42. The van der Waals surface area contributed by atoms with Gasteiger partial charge in [0.15, 0.2) is 0 Å². The number of aromatic nitrogens is 2. The lowest BCUT2D eigenvalue weighted by molar-refractivity contribution is 0.449. The predicted molar refractivity (Wildman–Crippen MR) is 59.6 cm³/mol. The molecule has 1 saturated heterocycles. The normalized spacial score (nSPS) is 22.6. The first-order valence-corrected chi connectivity index (χ1v) is 5.94. The van der Waals surface area contributed by atoms with Crippen LogP contribution in [0.15, 0.2) is 0 Å². The van der Waals surface area contributed by atoms with Crippen LogP contribution in [0.3, 0.4) is 0 Å². The molecule has 0 saturated carbocycles. The van der Waals surface area contributed by atoms with E-state index in [0.717, 1.165) is 11.7 Å². The summed E-state index contributed by atoms with van der Waals surface area (Å²) in [4.78, 5) is 6.60. The first-order valence-electron chi connectivity index (χ1n) is 5.17. The summed E-state index contributed by atoms with van der Waals surface area (Å²) >= 11 is 1.41. The van der Waals surface area contributed by atoms with Crippen LogP contribution in [0.1, 0.15) is 32.6 Å². The topological polar surface area (TPSA) is 55.0 Å². The van der Waals surface area contributed by atoms with E-state index in [1.807, 2.05) is 0 Å². The van der Waals surface area contributed by atoms with Gasteiger partial charge in [0, 0.05) is 24.1 Å². The fourth-order valence-corrected chi connectivity index (χ4v) is 2.72. The molecule has 0 spiro atoms. The number of nitrogens with zero attached hydrogens (tertiary/aromatic N) is 3. The van der Waals surface area contributed by atoms with Crippen LogP contribution in [-0.4, -0.2) is 21.9 Å². The number of anilines is 2. The Morgan fingerprint density at radius 2 is 2.43 bits per heavy atom. The Bertz CT molecular complexity index is 299. The summed E-state index contributed by atoms with van der Waals surface area (Å²) < 4.78 is 4.03. The van der Waals surface area contributed by atoms with E-state index in [-0.39, 0.29) is 0 Å². The maximum atomic E-state index is 5.53. The van der Waals surface area contributed by atoms with Crippen molar-refractivity contribution in [2.75, 3.05) is 17.2 Å². The molecule has 4 nitrogen and oxygen atoms in total. The van der Waals surface area contributed by atoms with E-state index in [0.29, 0.717) is 12.0 Å². The molecule has 2 rings (SSSR count). The second kappa shape index (κ2) is 4.13. The predicted octanol–water partition coefficient (Wildman–Crippen LogP) is 1.89. The third-order valence-corrected chi connectivity index (χ3v) is 3.54. The third-order valence-electron chi connectivity index (χ3n) is 2.78. The van der Waals surface area contributed by atoms with E-state index in [1.165, 1.54) is 37.2 Å². The van der Waals surface area contributed by atoms with Gasteiger partial charge in [-0.1, -0.05) is 6.92 Å². The number of piperidine rings is 1. The summed E-state index contributed by atoms with van der Waals surface area (Å²) in [7, 11) is 0. The van der Waals surface area contributed by atoms with Crippen molar-refractivity contribution < 1.29 is 0 Å². The van der Waals surface area contributed by atoms with Gasteiger partial charge >= 0.3 is 0 Å². The Balaban J connectivity index is 2.14. The number of hydrogen-bond donors (Lipinski definition) is 1. The molecule has 1 aromatic heterocycles. The van der Waals surface area contributed by atoms with Gasteiger partial charge in [-0.3, -0.25) is 0 Å². The Labute approximate surface area is 88.3 Å². The summed E-state index contributed by atoms with van der Waals surface area (Å²) in [5.74, 6) is 0.408. The maximum Gasteiger partial charge on any atom is 0.233 e. The lowest BCUT2D eigenvalue weighted by Crippen LogP contribution is -2.39. The fourth-order valence-electron chi connectivity index (χ4n) is 2.02. The van der Waals surface area contributed by atoms with Gasteiger partial charge in [-0.05, 0) is 25.7 Å². The van der Waals surface area contributed by atoms with Gasteiger partial charge in [-0.2, -0.15) is 9.36 Å². The van der Waals surface area contributed by atoms with Crippen molar-refractivity contribution >= 4 is 22.6 Å². The van der Waals surface area contributed by atoms with Crippen molar-refractivity contribution in [3.8, 4) is 0 Å². The van der Waals surface area contributed by atoms with Crippen LogP contribution in [0.5, 0.6) is 0 Å². The molecule has 1 aromatic rings. The summed E-state index contributed by atoms with van der Waals surface area (Å²) in [5, 5.41) is 0.994. The van der Waals surface area contributed by atoms with Crippen LogP contribution in [0.2, 0.25) is 0 Å². The third kappa shape index (κ3) is 1.82. The van der Waals surface area contributed by atoms with Crippen LogP contribution in [0, 0.1) is 0 Å². The fraction of sp³-hybridized carbons (Fsp3) is 0.778. The molecule has 2 heterocycles. The smallest absolute Gasteiger partial charge is 0.233 e. The molecule has 0 radical (unpaired) electrons. The molecule has 0 aromatic carbocycles. The van der Waals surface area contributed by atoms with Gasteiger partial charge in [0.05, 0.1) is 0 Å². The highest BCUT2D eigenvalue weighted by atomic mass is 32.1. The minimum absolute atomic E-state index is 0.408. The minimum atomic E-state index is 0.408. The molecule has 14 heavy (non-hydrogen) atoms. The van der Waals surface area contributed by atoms with Gasteiger partial charge < -0.3 is 10.6 Å². The average Bonchev–Trinajstić information content (AvgIpc) is 2.65. The lowest BCUT2D eigenvalue weighted by atomic mass is 10.0. The highest BCUT2D eigenvalue weighted by molar-refractivity contribution is 7.09. The standard InChI is InChI=1S/C9H16N4S/c1-2-7-5-3-4-6-13(7)9-11-8(10)12-14-9/h7H,2-6H2,1H3,(H2,10,12). The van der Waals surface area contributed by atoms with Crippen molar-refractivity contribution in [1.29, 1.82) is 0 Å². The van der Waals surface area contributed by atoms with Crippen molar-refractivity contribution in [1.82, 2.24) is 9.36 Å². The van der Waals surface area contributed by atoms with E-state index in [9.17, 15) is 0 Å². The second-order valence-electron chi connectivity index (χ2n) is 3.69. The molecule has 1 aliphatic heterocycles. The molecule has 0 aliphatic carbocycles. The first-order chi connectivity index (χ1) is 6.81. The molecule has 2 N–H and O–H groups in total. The molecule has 1 atom stereocenters. The minimum Gasteiger partial charge on any atom is -0.367 e. The van der Waals surface area contributed by atoms with Crippen molar-refractivity contribution in [3.05, 3.63) is 0 Å².